The topological polar surface area (TPSA) is 26.3 Å². The zero-order valence-corrected chi connectivity index (χ0v) is 6.68. The van der Waals surface area contributed by atoms with E-state index in [0.717, 1.165) is 12.9 Å². The molecule has 0 bridgehead atoms. The highest BCUT2D eigenvalue weighted by atomic mass is 16.5. The summed E-state index contributed by atoms with van der Waals surface area (Å²) in [5.41, 5.74) is 0. The molecule has 0 rings (SSSR count). The Hall–Kier alpha value is -0.370. The van der Waals surface area contributed by atoms with Gasteiger partial charge in [0.1, 0.15) is 6.29 Å². The van der Waals surface area contributed by atoms with Crippen molar-refractivity contribution < 1.29 is 9.53 Å². The SMILES string of the molecule is CC=O.COCC(C)C. The third kappa shape index (κ3) is 35.0. The van der Waals surface area contributed by atoms with Crippen LogP contribution in [0.15, 0.2) is 0 Å². The highest BCUT2D eigenvalue weighted by Crippen LogP contribution is 1.88. The molecule has 0 unspecified atom stereocenters. The van der Waals surface area contributed by atoms with Crippen LogP contribution in [0, 0.1) is 5.92 Å². The first-order valence-corrected chi connectivity index (χ1v) is 3.07. The summed E-state index contributed by atoms with van der Waals surface area (Å²) in [5.74, 6) is 0.676. The number of rotatable bonds is 2. The molecule has 0 saturated heterocycles. The maximum atomic E-state index is 8.81. The van der Waals surface area contributed by atoms with E-state index in [1.807, 2.05) is 0 Å². The molecular formula is C7H16O2. The Bertz CT molecular complexity index is 50.9. The summed E-state index contributed by atoms with van der Waals surface area (Å²) >= 11 is 0. The fourth-order valence-electron chi connectivity index (χ4n) is 0.333. The summed E-state index contributed by atoms with van der Waals surface area (Å²) in [6, 6.07) is 0. The molecule has 0 fully saturated rings. The molecule has 0 spiro atoms. The van der Waals surface area contributed by atoms with E-state index in [4.69, 9.17) is 9.53 Å². The molecule has 0 aromatic rings. The lowest BCUT2D eigenvalue weighted by Gasteiger charge is -1.97. The predicted octanol–water partition coefficient (Wildman–Crippen LogP) is 1.49. The Kier molecular flexibility index (Phi) is 13.4. The Morgan fingerprint density at radius 1 is 1.56 bits per heavy atom. The first-order chi connectivity index (χ1) is 4.18. The molecule has 0 atom stereocenters. The van der Waals surface area contributed by atoms with Gasteiger partial charge in [-0.1, -0.05) is 13.8 Å². The zero-order chi connectivity index (χ0) is 7.70. The number of methoxy groups -OCH3 is 1. The second-order valence-corrected chi connectivity index (χ2v) is 2.08. The molecule has 9 heavy (non-hydrogen) atoms. The van der Waals surface area contributed by atoms with Gasteiger partial charge in [0.25, 0.3) is 0 Å². The largest absolute Gasteiger partial charge is 0.384 e. The summed E-state index contributed by atoms with van der Waals surface area (Å²) in [6.45, 7) is 6.58. The van der Waals surface area contributed by atoms with Gasteiger partial charge in [-0.05, 0) is 12.8 Å². The molecule has 0 N–H and O–H groups in total. The minimum atomic E-state index is 0.676. The van der Waals surface area contributed by atoms with E-state index in [-0.39, 0.29) is 0 Å². The molecule has 2 nitrogen and oxygen atoms in total. The molecule has 0 saturated carbocycles. The molecule has 56 valence electrons. The van der Waals surface area contributed by atoms with Crippen molar-refractivity contribution in [2.45, 2.75) is 20.8 Å². The van der Waals surface area contributed by atoms with Crippen LogP contribution in [0.25, 0.3) is 0 Å². The first kappa shape index (κ1) is 11.4. The van der Waals surface area contributed by atoms with E-state index >= 15 is 0 Å². The van der Waals surface area contributed by atoms with Crippen molar-refractivity contribution >= 4 is 6.29 Å². The van der Waals surface area contributed by atoms with Crippen LogP contribution in [0.1, 0.15) is 20.8 Å². The van der Waals surface area contributed by atoms with Gasteiger partial charge >= 0.3 is 0 Å². The summed E-state index contributed by atoms with van der Waals surface area (Å²) in [5, 5.41) is 0. The monoisotopic (exact) mass is 132 g/mol. The molecule has 0 radical (unpaired) electrons. The second kappa shape index (κ2) is 10.6. The summed E-state index contributed by atoms with van der Waals surface area (Å²) in [4.78, 5) is 8.81. The van der Waals surface area contributed by atoms with Crippen LogP contribution in [0.5, 0.6) is 0 Å². The number of carbonyl (C=O) groups is 1. The molecule has 0 aromatic heterocycles. The fourth-order valence-corrected chi connectivity index (χ4v) is 0.333. The molecule has 0 aliphatic heterocycles. The first-order valence-electron chi connectivity index (χ1n) is 3.07. The van der Waals surface area contributed by atoms with Crippen molar-refractivity contribution in [2.24, 2.45) is 5.92 Å². The molecule has 0 heterocycles. The zero-order valence-electron chi connectivity index (χ0n) is 6.68. The van der Waals surface area contributed by atoms with Crippen LogP contribution in [-0.4, -0.2) is 20.0 Å². The van der Waals surface area contributed by atoms with E-state index in [9.17, 15) is 0 Å². The van der Waals surface area contributed by atoms with Gasteiger partial charge in [0.05, 0.1) is 0 Å². The van der Waals surface area contributed by atoms with Gasteiger partial charge in [-0.3, -0.25) is 0 Å². The Balaban J connectivity index is 0. The van der Waals surface area contributed by atoms with E-state index in [1.165, 1.54) is 6.92 Å². The molecule has 0 amide bonds. The second-order valence-electron chi connectivity index (χ2n) is 2.08. The summed E-state index contributed by atoms with van der Waals surface area (Å²) < 4.78 is 4.80. The highest BCUT2D eigenvalue weighted by Gasteiger charge is 1.85. The lowest BCUT2D eigenvalue weighted by molar-refractivity contribution is -0.106. The molecule has 0 aliphatic carbocycles. The van der Waals surface area contributed by atoms with Crippen LogP contribution in [0.4, 0.5) is 0 Å². The maximum Gasteiger partial charge on any atom is 0.116 e. The number of hydrogen-bond acceptors (Lipinski definition) is 2. The lowest BCUT2D eigenvalue weighted by Crippen LogP contribution is -1.96. The van der Waals surface area contributed by atoms with E-state index in [2.05, 4.69) is 13.8 Å². The number of carbonyl (C=O) groups excluding carboxylic acids is 1. The quantitative estimate of drug-likeness (QED) is 0.532. The normalized spacial score (nSPS) is 8.11. The standard InChI is InChI=1S/C5H12O.C2H4O/c1-5(2)4-6-3;1-2-3/h5H,4H2,1-3H3;2H,1H3. The molecule has 0 aliphatic rings. The third-order valence-electron chi connectivity index (χ3n) is 0.500. The van der Waals surface area contributed by atoms with Gasteiger partial charge in [-0.2, -0.15) is 0 Å². The number of hydrogen-bond donors (Lipinski definition) is 0. The average Bonchev–Trinajstić information content (AvgIpc) is 1.67. The van der Waals surface area contributed by atoms with Crippen LogP contribution in [-0.2, 0) is 9.53 Å². The Morgan fingerprint density at radius 2 is 1.89 bits per heavy atom. The number of aldehydes is 1. The molecule has 2 heteroatoms. The fraction of sp³-hybridized carbons (Fsp3) is 0.857. The summed E-state index contributed by atoms with van der Waals surface area (Å²) in [6.07, 6.45) is 0.750. The van der Waals surface area contributed by atoms with Crippen LogP contribution < -0.4 is 0 Å². The lowest BCUT2D eigenvalue weighted by atomic mass is 10.2. The van der Waals surface area contributed by atoms with Crippen molar-refractivity contribution in [2.75, 3.05) is 13.7 Å². The smallest absolute Gasteiger partial charge is 0.116 e. The van der Waals surface area contributed by atoms with Gasteiger partial charge in [-0.25, -0.2) is 0 Å². The van der Waals surface area contributed by atoms with Crippen LogP contribution in [0.2, 0.25) is 0 Å². The van der Waals surface area contributed by atoms with E-state index < -0.39 is 0 Å². The van der Waals surface area contributed by atoms with E-state index in [1.54, 1.807) is 7.11 Å². The average molecular weight is 132 g/mol. The highest BCUT2D eigenvalue weighted by molar-refractivity contribution is 5.44. The predicted molar refractivity (Wildman–Crippen MR) is 38.5 cm³/mol. The van der Waals surface area contributed by atoms with Gasteiger partial charge in [0.15, 0.2) is 0 Å². The molecular weight excluding hydrogens is 116 g/mol. The Labute approximate surface area is 57.2 Å². The van der Waals surface area contributed by atoms with E-state index in [0.29, 0.717) is 5.92 Å². The van der Waals surface area contributed by atoms with Crippen molar-refractivity contribution in [3.63, 3.8) is 0 Å². The number of ether oxygens (including phenoxy) is 1. The summed E-state index contributed by atoms with van der Waals surface area (Å²) in [7, 11) is 1.72. The third-order valence-corrected chi connectivity index (χ3v) is 0.500. The Morgan fingerprint density at radius 3 is 1.89 bits per heavy atom. The minimum absolute atomic E-state index is 0.676. The minimum Gasteiger partial charge on any atom is -0.384 e. The molecule has 0 aromatic carbocycles. The van der Waals surface area contributed by atoms with Crippen molar-refractivity contribution in [1.29, 1.82) is 0 Å². The van der Waals surface area contributed by atoms with Crippen molar-refractivity contribution in [1.82, 2.24) is 0 Å². The van der Waals surface area contributed by atoms with Crippen molar-refractivity contribution in [3.8, 4) is 0 Å². The van der Waals surface area contributed by atoms with Crippen LogP contribution >= 0.6 is 0 Å². The van der Waals surface area contributed by atoms with Crippen LogP contribution in [0.3, 0.4) is 0 Å². The van der Waals surface area contributed by atoms with Gasteiger partial charge in [-0.15, -0.1) is 0 Å². The van der Waals surface area contributed by atoms with Gasteiger partial charge in [0, 0.05) is 13.7 Å². The van der Waals surface area contributed by atoms with Crippen molar-refractivity contribution in [3.05, 3.63) is 0 Å². The van der Waals surface area contributed by atoms with Gasteiger partial charge in [0.2, 0.25) is 0 Å². The maximum absolute atomic E-state index is 8.81. The van der Waals surface area contributed by atoms with Gasteiger partial charge < -0.3 is 9.53 Å².